The first-order valence-corrected chi connectivity index (χ1v) is 6.34. The van der Waals surface area contributed by atoms with Gasteiger partial charge in [0.25, 0.3) is 0 Å². The van der Waals surface area contributed by atoms with E-state index in [2.05, 4.69) is 4.98 Å². The van der Waals surface area contributed by atoms with E-state index in [4.69, 9.17) is 9.84 Å². The highest BCUT2D eigenvalue weighted by atomic mass is 19.4. The van der Waals surface area contributed by atoms with Crippen molar-refractivity contribution < 1.29 is 32.2 Å². The Morgan fingerprint density at radius 3 is 2.13 bits per heavy atom. The van der Waals surface area contributed by atoms with Crippen molar-refractivity contribution in [2.24, 2.45) is 0 Å². The first-order chi connectivity index (χ1) is 10.6. The van der Waals surface area contributed by atoms with Crippen LogP contribution in [-0.2, 0) is 5.67 Å². The lowest BCUT2D eigenvalue weighted by Crippen LogP contribution is -2.34. The standard InChI is InChI=1S/C15H11F4NO3/c1-14(16,15(17,18)19)10-3-5-11(6-4-10)23-12-7-2-9(8-20-12)13(21)22/h2-8H,1H3,(H,21,22). The van der Waals surface area contributed by atoms with Crippen molar-refractivity contribution in [2.45, 2.75) is 18.8 Å². The van der Waals surface area contributed by atoms with Gasteiger partial charge in [-0.1, -0.05) is 12.1 Å². The average molecular weight is 329 g/mol. The van der Waals surface area contributed by atoms with E-state index in [0.717, 1.165) is 18.3 Å². The number of aromatic nitrogens is 1. The number of nitrogens with zero attached hydrogens (tertiary/aromatic N) is 1. The molecule has 0 amide bonds. The lowest BCUT2D eigenvalue weighted by atomic mass is 9.97. The molecule has 2 aromatic rings. The van der Waals surface area contributed by atoms with Gasteiger partial charge in [0.05, 0.1) is 5.56 Å². The highest BCUT2D eigenvalue weighted by Gasteiger charge is 2.53. The quantitative estimate of drug-likeness (QED) is 0.849. The van der Waals surface area contributed by atoms with Gasteiger partial charge in [0.1, 0.15) is 5.75 Å². The Bertz CT molecular complexity index is 694. The summed E-state index contributed by atoms with van der Waals surface area (Å²) in [5, 5.41) is 8.73. The van der Waals surface area contributed by atoms with E-state index in [1.807, 2.05) is 0 Å². The van der Waals surface area contributed by atoms with Crippen LogP contribution in [0, 0.1) is 0 Å². The third-order valence-electron chi connectivity index (χ3n) is 3.13. The van der Waals surface area contributed by atoms with E-state index in [9.17, 15) is 22.4 Å². The molecule has 4 nitrogen and oxygen atoms in total. The SMILES string of the molecule is CC(F)(c1ccc(Oc2ccc(C(=O)O)cn2)cc1)C(F)(F)F. The zero-order valence-corrected chi connectivity index (χ0v) is 11.8. The lowest BCUT2D eigenvalue weighted by Gasteiger charge is -2.24. The molecule has 122 valence electrons. The number of halogens is 4. The monoisotopic (exact) mass is 329 g/mol. The Labute approximate surface area is 128 Å². The Kier molecular flexibility index (Phi) is 4.26. The Balaban J connectivity index is 2.16. The van der Waals surface area contributed by atoms with Crippen LogP contribution in [0.1, 0.15) is 22.8 Å². The average Bonchev–Trinajstić information content (AvgIpc) is 2.47. The fourth-order valence-electron chi connectivity index (χ4n) is 1.69. The van der Waals surface area contributed by atoms with Gasteiger partial charge in [-0.25, -0.2) is 14.2 Å². The summed E-state index contributed by atoms with van der Waals surface area (Å²) in [6, 6.07) is 6.84. The van der Waals surface area contributed by atoms with Crippen molar-refractivity contribution >= 4 is 5.97 Å². The summed E-state index contributed by atoms with van der Waals surface area (Å²) >= 11 is 0. The highest BCUT2D eigenvalue weighted by molar-refractivity contribution is 5.87. The number of hydrogen-bond donors (Lipinski definition) is 1. The van der Waals surface area contributed by atoms with Crippen LogP contribution in [0.5, 0.6) is 11.6 Å². The number of carboxylic acid groups (broad SMARTS) is 1. The minimum Gasteiger partial charge on any atom is -0.478 e. The number of carboxylic acids is 1. The van der Waals surface area contributed by atoms with Gasteiger partial charge in [-0.05, 0) is 30.7 Å². The maximum absolute atomic E-state index is 13.8. The molecule has 23 heavy (non-hydrogen) atoms. The zero-order chi connectivity index (χ0) is 17.3. The number of hydrogen-bond acceptors (Lipinski definition) is 3. The molecular formula is C15H11F4NO3. The maximum atomic E-state index is 13.8. The second kappa shape index (κ2) is 5.86. The molecule has 1 atom stereocenters. The number of carbonyl (C=O) groups is 1. The van der Waals surface area contributed by atoms with Gasteiger partial charge in [0, 0.05) is 12.3 Å². The minimum atomic E-state index is -5.02. The molecule has 0 bridgehead atoms. The van der Waals surface area contributed by atoms with E-state index in [1.54, 1.807) is 0 Å². The largest absolute Gasteiger partial charge is 0.478 e. The summed E-state index contributed by atoms with van der Waals surface area (Å²) < 4.78 is 56.8. The molecule has 2 rings (SSSR count). The molecule has 0 spiro atoms. The molecule has 8 heteroatoms. The van der Waals surface area contributed by atoms with Crippen molar-refractivity contribution in [3.63, 3.8) is 0 Å². The molecule has 0 saturated heterocycles. The number of benzene rings is 1. The topological polar surface area (TPSA) is 59.4 Å². The second-order valence-corrected chi connectivity index (χ2v) is 4.82. The maximum Gasteiger partial charge on any atom is 0.426 e. The molecule has 1 N–H and O–H groups in total. The molecule has 1 aromatic heterocycles. The van der Waals surface area contributed by atoms with Crippen LogP contribution in [0.25, 0.3) is 0 Å². The Morgan fingerprint density at radius 1 is 1.09 bits per heavy atom. The highest BCUT2D eigenvalue weighted by Crippen LogP contribution is 2.42. The summed E-state index contributed by atoms with van der Waals surface area (Å²) in [7, 11) is 0. The van der Waals surface area contributed by atoms with Crippen molar-refractivity contribution in [2.75, 3.05) is 0 Å². The Morgan fingerprint density at radius 2 is 1.70 bits per heavy atom. The van der Waals surface area contributed by atoms with Crippen LogP contribution < -0.4 is 4.74 Å². The molecule has 0 radical (unpaired) electrons. The first-order valence-electron chi connectivity index (χ1n) is 6.34. The first kappa shape index (κ1) is 16.7. The molecular weight excluding hydrogens is 318 g/mol. The third kappa shape index (κ3) is 3.58. The summed E-state index contributed by atoms with van der Waals surface area (Å²) in [6.45, 7) is 0.440. The summed E-state index contributed by atoms with van der Waals surface area (Å²) in [5.41, 5.74) is -4.05. The smallest absolute Gasteiger partial charge is 0.426 e. The van der Waals surface area contributed by atoms with Crippen LogP contribution in [0.4, 0.5) is 17.6 Å². The van der Waals surface area contributed by atoms with E-state index in [0.29, 0.717) is 6.92 Å². The van der Waals surface area contributed by atoms with E-state index >= 15 is 0 Å². The van der Waals surface area contributed by atoms with E-state index in [1.165, 1.54) is 24.3 Å². The van der Waals surface area contributed by atoms with Gasteiger partial charge >= 0.3 is 12.1 Å². The summed E-state index contributed by atoms with van der Waals surface area (Å²) in [5.74, 6) is -0.952. The zero-order valence-electron chi connectivity index (χ0n) is 11.8. The van der Waals surface area contributed by atoms with E-state index < -0.39 is 23.4 Å². The predicted octanol–water partition coefficient (Wildman–Crippen LogP) is 4.32. The summed E-state index contributed by atoms with van der Waals surface area (Å²) in [6.07, 6.45) is -3.95. The molecule has 0 fully saturated rings. The predicted molar refractivity (Wildman–Crippen MR) is 72.2 cm³/mol. The number of rotatable bonds is 4. The second-order valence-electron chi connectivity index (χ2n) is 4.82. The van der Waals surface area contributed by atoms with Crippen LogP contribution in [-0.4, -0.2) is 22.2 Å². The van der Waals surface area contributed by atoms with Gasteiger partial charge in [-0.3, -0.25) is 0 Å². The van der Waals surface area contributed by atoms with Crippen LogP contribution in [0.2, 0.25) is 0 Å². The molecule has 1 heterocycles. The lowest BCUT2D eigenvalue weighted by molar-refractivity contribution is -0.228. The number of ether oxygens (including phenoxy) is 1. The van der Waals surface area contributed by atoms with Crippen molar-refractivity contribution in [1.29, 1.82) is 0 Å². The van der Waals surface area contributed by atoms with Gasteiger partial charge in [-0.15, -0.1) is 0 Å². The normalized spacial score (nSPS) is 14.1. The van der Waals surface area contributed by atoms with E-state index in [-0.39, 0.29) is 17.2 Å². The van der Waals surface area contributed by atoms with Crippen LogP contribution in [0.3, 0.4) is 0 Å². The van der Waals surface area contributed by atoms with Gasteiger partial charge < -0.3 is 9.84 Å². The van der Waals surface area contributed by atoms with Crippen molar-refractivity contribution in [3.05, 3.63) is 53.7 Å². The molecule has 0 saturated carbocycles. The fourth-order valence-corrected chi connectivity index (χ4v) is 1.69. The minimum absolute atomic E-state index is 0.0360. The molecule has 0 aliphatic rings. The molecule has 0 aliphatic carbocycles. The summed E-state index contributed by atoms with van der Waals surface area (Å²) in [4.78, 5) is 14.4. The number of alkyl halides is 4. The van der Waals surface area contributed by atoms with Crippen molar-refractivity contribution in [1.82, 2.24) is 4.98 Å². The Hall–Kier alpha value is -2.64. The van der Waals surface area contributed by atoms with Gasteiger partial charge in [0.15, 0.2) is 0 Å². The third-order valence-corrected chi connectivity index (χ3v) is 3.13. The number of pyridine rings is 1. The fraction of sp³-hybridized carbons (Fsp3) is 0.200. The molecule has 1 aromatic carbocycles. The molecule has 1 unspecified atom stereocenters. The van der Waals surface area contributed by atoms with Gasteiger partial charge in [-0.2, -0.15) is 13.2 Å². The molecule has 0 aliphatic heterocycles. The van der Waals surface area contributed by atoms with Crippen molar-refractivity contribution in [3.8, 4) is 11.6 Å². The van der Waals surface area contributed by atoms with Crippen LogP contribution in [0.15, 0.2) is 42.6 Å². The van der Waals surface area contributed by atoms with Crippen LogP contribution >= 0.6 is 0 Å². The van der Waals surface area contributed by atoms with Gasteiger partial charge in [0.2, 0.25) is 11.5 Å². The number of aromatic carboxylic acids is 1.